The van der Waals surface area contributed by atoms with Crippen molar-refractivity contribution in [1.82, 2.24) is 0 Å². The predicted molar refractivity (Wildman–Crippen MR) is 138 cm³/mol. The summed E-state index contributed by atoms with van der Waals surface area (Å²) in [6.07, 6.45) is -4.40. The molecule has 7 nitrogen and oxygen atoms in total. The topological polar surface area (TPSA) is 109 Å². The van der Waals surface area contributed by atoms with Crippen LogP contribution in [0.2, 0.25) is 0 Å². The second-order valence-corrected chi connectivity index (χ2v) is 10.4. The minimum Gasteiger partial charge on any atom is -0.489 e. The summed E-state index contributed by atoms with van der Waals surface area (Å²) in [7, 11) is 0. The minimum atomic E-state index is -1.40. The number of benzene rings is 3. The van der Waals surface area contributed by atoms with Crippen LogP contribution in [0.3, 0.4) is 0 Å². The Morgan fingerprint density at radius 2 is 1.70 bits per heavy atom. The highest BCUT2D eigenvalue weighted by Gasteiger charge is 2.44. The number of fused-ring (bicyclic) bond motifs is 1. The maximum atomic E-state index is 10.5. The summed E-state index contributed by atoms with van der Waals surface area (Å²) in [4.78, 5) is 0. The smallest absolute Gasteiger partial charge is 0.144 e. The monoisotopic (exact) mass is 506 g/mol. The Morgan fingerprint density at radius 3 is 2.43 bits per heavy atom. The van der Waals surface area contributed by atoms with E-state index in [9.17, 15) is 20.4 Å². The van der Waals surface area contributed by atoms with Crippen molar-refractivity contribution in [2.75, 3.05) is 13.2 Å². The van der Waals surface area contributed by atoms with Crippen LogP contribution >= 0.6 is 0 Å². The molecule has 7 heteroatoms. The van der Waals surface area contributed by atoms with Crippen molar-refractivity contribution >= 4 is 0 Å². The summed E-state index contributed by atoms with van der Waals surface area (Å²) in [5, 5.41) is 40.3. The molecular formula is C30H34O7. The Hall–Kier alpha value is -2.94. The molecule has 2 aliphatic rings. The molecule has 3 aromatic rings. The van der Waals surface area contributed by atoms with E-state index in [0.717, 1.165) is 34.6 Å². The van der Waals surface area contributed by atoms with E-state index >= 15 is 0 Å². The van der Waals surface area contributed by atoms with Gasteiger partial charge in [-0.25, -0.2) is 0 Å². The van der Waals surface area contributed by atoms with Crippen LogP contribution in [0.1, 0.15) is 40.8 Å². The maximum Gasteiger partial charge on any atom is 0.144 e. The van der Waals surface area contributed by atoms with E-state index in [1.165, 1.54) is 5.56 Å². The normalized spacial score (nSPS) is 29.0. The fourth-order valence-electron chi connectivity index (χ4n) is 5.13. The maximum absolute atomic E-state index is 10.5. The lowest BCUT2D eigenvalue weighted by atomic mass is 9.89. The Morgan fingerprint density at radius 1 is 0.946 bits per heavy atom. The van der Waals surface area contributed by atoms with Gasteiger partial charge in [0.2, 0.25) is 0 Å². The molecule has 0 unspecified atom stereocenters. The van der Waals surface area contributed by atoms with Crippen molar-refractivity contribution in [1.29, 1.82) is 0 Å². The quantitative estimate of drug-likeness (QED) is 0.390. The first-order chi connectivity index (χ1) is 17.8. The number of para-hydroxylation sites is 1. The van der Waals surface area contributed by atoms with Gasteiger partial charge in [-0.2, -0.15) is 0 Å². The molecule has 1 fully saturated rings. The summed E-state index contributed by atoms with van der Waals surface area (Å²) < 4.78 is 17.9. The molecule has 3 aromatic carbocycles. The van der Waals surface area contributed by atoms with E-state index < -0.39 is 42.7 Å². The van der Waals surface area contributed by atoms with Crippen molar-refractivity contribution in [3.63, 3.8) is 0 Å². The van der Waals surface area contributed by atoms with Gasteiger partial charge in [-0.15, -0.1) is 0 Å². The van der Waals surface area contributed by atoms with Gasteiger partial charge in [-0.1, -0.05) is 48.5 Å². The minimum absolute atomic E-state index is 0.398. The fourth-order valence-corrected chi connectivity index (χ4v) is 5.13. The first-order valence-electron chi connectivity index (χ1n) is 12.6. The van der Waals surface area contributed by atoms with Gasteiger partial charge in [-0.05, 0) is 66.3 Å². The lowest BCUT2D eigenvalue weighted by Crippen LogP contribution is -2.55. The zero-order valence-corrected chi connectivity index (χ0v) is 21.1. The molecule has 0 saturated carbocycles. The molecular weight excluding hydrogens is 472 g/mol. The molecule has 0 amide bonds. The average molecular weight is 507 g/mol. The third kappa shape index (κ3) is 5.37. The summed E-state index contributed by atoms with van der Waals surface area (Å²) >= 11 is 0. The SMILES string of the molecule is Cc1ccc([C@@H]2O[C@H](CO)[C@@H](O)[C@H](O)[C@H]2O)cc1Cc1ccc(OC[C@]2(C)Cc3ccccc3O2)cc1. The molecule has 0 aromatic heterocycles. The van der Waals surface area contributed by atoms with Gasteiger partial charge in [0, 0.05) is 6.42 Å². The van der Waals surface area contributed by atoms with Gasteiger partial charge in [0.25, 0.3) is 0 Å². The van der Waals surface area contributed by atoms with Crippen molar-refractivity contribution in [3.8, 4) is 11.5 Å². The van der Waals surface area contributed by atoms with Crippen molar-refractivity contribution in [2.24, 2.45) is 0 Å². The zero-order chi connectivity index (χ0) is 26.2. The Kier molecular flexibility index (Phi) is 7.25. The molecule has 37 heavy (non-hydrogen) atoms. The van der Waals surface area contributed by atoms with Gasteiger partial charge in [0.05, 0.1) is 6.61 Å². The number of aryl methyl sites for hydroxylation is 1. The Balaban J connectivity index is 1.24. The predicted octanol–water partition coefficient (Wildman–Crippen LogP) is 2.87. The molecule has 0 spiro atoms. The number of ether oxygens (including phenoxy) is 3. The molecule has 1 saturated heterocycles. The van der Waals surface area contributed by atoms with E-state index in [1.54, 1.807) is 0 Å². The van der Waals surface area contributed by atoms with Gasteiger partial charge < -0.3 is 34.6 Å². The molecule has 0 radical (unpaired) electrons. The number of rotatable bonds is 7. The first-order valence-corrected chi connectivity index (χ1v) is 12.6. The lowest BCUT2D eigenvalue weighted by Gasteiger charge is -2.40. The third-order valence-electron chi connectivity index (χ3n) is 7.35. The van der Waals surface area contributed by atoms with Crippen molar-refractivity contribution in [2.45, 2.75) is 62.8 Å². The van der Waals surface area contributed by atoms with E-state index in [2.05, 4.69) is 13.0 Å². The van der Waals surface area contributed by atoms with E-state index in [4.69, 9.17) is 14.2 Å². The highest BCUT2D eigenvalue weighted by Crippen LogP contribution is 2.36. The standard InChI is InChI=1S/C30H34O7/c1-18-7-10-20(29-28(34)27(33)26(32)25(16-31)36-29)14-22(18)13-19-8-11-23(12-9-19)35-17-30(2)15-21-5-3-4-6-24(21)37-30/h3-12,14,25-29,31-34H,13,15-17H2,1-2H3/t25-,26-,27+,28-,29+,30+/m1/s1. The van der Waals surface area contributed by atoms with E-state index in [0.29, 0.717) is 18.6 Å². The van der Waals surface area contributed by atoms with Crippen LogP contribution in [0.5, 0.6) is 11.5 Å². The molecule has 2 aliphatic heterocycles. The van der Waals surface area contributed by atoms with Crippen LogP contribution in [0, 0.1) is 6.92 Å². The molecule has 196 valence electrons. The van der Waals surface area contributed by atoms with E-state index in [-0.39, 0.29) is 0 Å². The summed E-state index contributed by atoms with van der Waals surface area (Å²) in [6.45, 7) is 4.07. The largest absolute Gasteiger partial charge is 0.489 e. The molecule has 0 bridgehead atoms. The van der Waals surface area contributed by atoms with Crippen LogP contribution < -0.4 is 9.47 Å². The van der Waals surface area contributed by atoms with Gasteiger partial charge >= 0.3 is 0 Å². The van der Waals surface area contributed by atoms with Crippen LogP contribution in [0.25, 0.3) is 0 Å². The average Bonchev–Trinajstić information content (AvgIpc) is 3.25. The van der Waals surface area contributed by atoms with Crippen molar-refractivity contribution in [3.05, 3.63) is 94.5 Å². The fraction of sp³-hybridized carbons (Fsp3) is 0.400. The molecule has 0 aliphatic carbocycles. The molecule has 6 atom stereocenters. The highest BCUT2D eigenvalue weighted by atomic mass is 16.6. The highest BCUT2D eigenvalue weighted by molar-refractivity contribution is 5.40. The van der Waals surface area contributed by atoms with Gasteiger partial charge in [-0.3, -0.25) is 0 Å². The Labute approximate surface area is 216 Å². The molecule has 2 heterocycles. The molecule has 5 rings (SSSR count). The lowest BCUT2D eigenvalue weighted by molar-refractivity contribution is -0.231. The van der Waals surface area contributed by atoms with Crippen LogP contribution in [-0.4, -0.2) is 63.7 Å². The zero-order valence-electron chi connectivity index (χ0n) is 21.1. The summed E-state index contributed by atoms with van der Waals surface area (Å²) in [5.41, 5.74) is 4.71. The summed E-state index contributed by atoms with van der Waals surface area (Å²) in [5.74, 6) is 1.70. The first kappa shape index (κ1) is 25.7. The molecule has 4 N–H and O–H groups in total. The Bertz CT molecular complexity index is 1200. The van der Waals surface area contributed by atoms with Crippen LogP contribution in [-0.2, 0) is 17.6 Å². The van der Waals surface area contributed by atoms with Crippen molar-refractivity contribution < 1.29 is 34.6 Å². The summed E-state index contributed by atoms with van der Waals surface area (Å²) in [6, 6.07) is 21.8. The number of aliphatic hydroxyl groups is 4. The number of aliphatic hydroxyl groups excluding tert-OH is 4. The second-order valence-electron chi connectivity index (χ2n) is 10.4. The second kappa shape index (κ2) is 10.4. The van der Waals surface area contributed by atoms with Gasteiger partial charge in [0.1, 0.15) is 54.2 Å². The number of hydrogen-bond acceptors (Lipinski definition) is 7. The van der Waals surface area contributed by atoms with Crippen LogP contribution in [0.4, 0.5) is 0 Å². The number of hydrogen-bond donors (Lipinski definition) is 4. The van der Waals surface area contributed by atoms with Crippen LogP contribution in [0.15, 0.2) is 66.7 Å². The van der Waals surface area contributed by atoms with Gasteiger partial charge in [0.15, 0.2) is 0 Å². The van der Waals surface area contributed by atoms with E-state index in [1.807, 2.05) is 67.6 Å². The third-order valence-corrected chi connectivity index (χ3v) is 7.35.